The fourth-order valence-electron chi connectivity index (χ4n) is 3.65. The minimum atomic E-state index is 0.661. The Bertz CT molecular complexity index is 332. The minimum Gasteiger partial charge on any atom is -0.356 e. The molecule has 0 radical (unpaired) electrons. The predicted molar refractivity (Wildman–Crippen MR) is 99.1 cm³/mol. The summed E-state index contributed by atoms with van der Waals surface area (Å²) in [4.78, 5) is 9.52. The van der Waals surface area contributed by atoms with Crippen molar-refractivity contribution in [2.75, 3.05) is 59.4 Å². The summed E-state index contributed by atoms with van der Waals surface area (Å²) >= 11 is 0. The van der Waals surface area contributed by atoms with Gasteiger partial charge in [0.2, 0.25) is 0 Å². The number of rotatable bonds is 7. The standard InChI is InChI=1S/C18H37N5/c1-17(16-23-12-7-4-8-13-23)15-21-18(19-2)20-9-14-22-10-5-3-6-11-22/h17H,3-16H2,1-2H3,(H2,19,20,21). The Morgan fingerprint density at radius 3 is 2.13 bits per heavy atom. The van der Waals surface area contributed by atoms with Gasteiger partial charge in [0, 0.05) is 33.2 Å². The van der Waals surface area contributed by atoms with Gasteiger partial charge in [0.1, 0.15) is 0 Å². The molecule has 0 aromatic rings. The van der Waals surface area contributed by atoms with Gasteiger partial charge in [-0.05, 0) is 57.8 Å². The van der Waals surface area contributed by atoms with Gasteiger partial charge in [-0.3, -0.25) is 4.99 Å². The number of hydrogen-bond donors (Lipinski definition) is 2. The molecule has 2 fully saturated rings. The molecule has 2 heterocycles. The molecule has 0 saturated carbocycles. The molecular weight excluding hydrogens is 286 g/mol. The third-order valence-electron chi connectivity index (χ3n) is 5.03. The van der Waals surface area contributed by atoms with Crippen LogP contribution in [0.15, 0.2) is 4.99 Å². The van der Waals surface area contributed by atoms with Gasteiger partial charge in [0.05, 0.1) is 0 Å². The van der Waals surface area contributed by atoms with Crippen molar-refractivity contribution in [3.05, 3.63) is 0 Å². The molecule has 2 saturated heterocycles. The molecule has 0 aliphatic carbocycles. The summed E-state index contributed by atoms with van der Waals surface area (Å²) in [6, 6.07) is 0. The van der Waals surface area contributed by atoms with Crippen molar-refractivity contribution in [3.8, 4) is 0 Å². The van der Waals surface area contributed by atoms with Gasteiger partial charge in [-0.2, -0.15) is 0 Å². The van der Waals surface area contributed by atoms with Gasteiger partial charge in [-0.15, -0.1) is 0 Å². The molecule has 23 heavy (non-hydrogen) atoms. The molecule has 5 nitrogen and oxygen atoms in total. The lowest BCUT2D eigenvalue weighted by Crippen LogP contribution is -2.45. The van der Waals surface area contributed by atoms with Gasteiger partial charge >= 0.3 is 0 Å². The van der Waals surface area contributed by atoms with Crippen LogP contribution in [0.1, 0.15) is 45.4 Å². The Kier molecular flexibility index (Phi) is 8.76. The Hall–Kier alpha value is -0.810. The molecule has 2 aliphatic rings. The zero-order valence-electron chi connectivity index (χ0n) is 15.3. The Morgan fingerprint density at radius 2 is 1.52 bits per heavy atom. The molecule has 134 valence electrons. The van der Waals surface area contributed by atoms with E-state index in [1.165, 1.54) is 71.2 Å². The van der Waals surface area contributed by atoms with Crippen molar-refractivity contribution in [1.82, 2.24) is 20.4 Å². The van der Waals surface area contributed by atoms with E-state index in [1.54, 1.807) is 0 Å². The van der Waals surface area contributed by atoms with E-state index in [4.69, 9.17) is 0 Å². The lowest BCUT2D eigenvalue weighted by atomic mass is 10.1. The molecule has 1 unspecified atom stereocenters. The van der Waals surface area contributed by atoms with Crippen LogP contribution in [0.3, 0.4) is 0 Å². The maximum absolute atomic E-state index is 4.35. The molecule has 2 N–H and O–H groups in total. The summed E-state index contributed by atoms with van der Waals surface area (Å²) in [6.07, 6.45) is 8.29. The molecule has 0 aromatic carbocycles. The van der Waals surface area contributed by atoms with Crippen LogP contribution in [-0.2, 0) is 0 Å². The van der Waals surface area contributed by atoms with E-state index in [1.807, 2.05) is 7.05 Å². The van der Waals surface area contributed by atoms with E-state index in [-0.39, 0.29) is 0 Å². The molecule has 1 atom stereocenters. The molecule has 0 aromatic heterocycles. The van der Waals surface area contributed by atoms with Crippen LogP contribution in [0, 0.1) is 5.92 Å². The summed E-state index contributed by atoms with van der Waals surface area (Å²) in [5.74, 6) is 1.61. The third-order valence-corrected chi connectivity index (χ3v) is 5.03. The number of guanidine groups is 1. The first kappa shape index (κ1) is 18.5. The molecule has 0 amide bonds. The van der Waals surface area contributed by atoms with Crippen LogP contribution < -0.4 is 10.6 Å². The average molecular weight is 324 g/mol. The second-order valence-electron chi connectivity index (χ2n) is 7.25. The summed E-state index contributed by atoms with van der Waals surface area (Å²) in [5, 5.41) is 6.95. The van der Waals surface area contributed by atoms with Crippen LogP contribution in [0.4, 0.5) is 0 Å². The maximum Gasteiger partial charge on any atom is 0.191 e. The smallest absolute Gasteiger partial charge is 0.191 e. The number of hydrogen-bond acceptors (Lipinski definition) is 3. The number of aliphatic imine (C=N–C) groups is 1. The minimum absolute atomic E-state index is 0.661. The van der Waals surface area contributed by atoms with Gasteiger partial charge in [0.15, 0.2) is 5.96 Å². The van der Waals surface area contributed by atoms with Crippen molar-refractivity contribution in [2.45, 2.75) is 45.4 Å². The Labute approximate surface area is 142 Å². The first-order valence-electron chi connectivity index (χ1n) is 9.67. The highest BCUT2D eigenvalue weighted by atomic mass is 15.2. The van der Waals surface area contributed by atoms with Crippen molar-refractivity contribution in [3.63, 3.8) is 0 Å². The van der Waals surface area contributed by atoms with E-state index in [0.717, 1.165) is 25.6 Å². The topological polar surface area (TPSA) is 42.9 Å². The fourth-order valence-corrected chi connectivity index (χ4v) is 3.65. The third kappa shape index (κ3) is 7.53. The van der Waals surface area contributed by atoms with Crippen molar-refractivity contribution in [1.29, 1.82) is 0 Å². The number of likely N-dealkylation sites (tertiary alicyclic amines) is 2. The van der Waals surface area contributed by atoms with E-state index in [2.05, 4.69) is 32.3 Å². The van der Waals surface area contributed by atoms with E-state index in [0.29, 0.717) is 5.92 Å². The zero-order valence-corrected chi connectivity index (χ0v) is 15.3. The quantitative estimate of drug-likeness (QED) is 0.553. The van der Waals surface area contributed by atoms with E-state index < -0.39 is 0 Å². The molecule has 0 bridgehead atoms. The van der Waals surface area contributed by atoms with Crippen LogP contribution in [0.25, 0.3) is 0 Å². The number of nitrogens with one attached hydrogen (secondary N) is 2. The van der Waals surface area contributed by atoms with Crippen molar-refractivity contribution >= 4 is 5.96 Å². The second-order valence-corrected chi connectivity index (χ2v) is 7.25. The average Bonchev–Trinajstić information content (AvgIpc) is 2.59. The first-order valence-corrected chi connectivity index (χ1v) is 9.67. The normalized spacial score (nSPS) is 22.8. The maximum atomic E-state index is 4.35. The van der Waals surface area contributed by atoms with Crippen LogP contribution in [0.5, 0.6) is 0 Å². The lowest BCUT2D eigenvalue weighted by molar-refractivity contribution is 0.201. The lowest BCUT2D eigenvalue weighted by Gasteiger charge is -2.29. The highest BCUT2D eigenvalue weighted by Gasteiger charge is 2.14. The number of nitrogens with zero attached hydrogens (tertiary/aromatic N) is 3. The van der Waals surface area contributed by atoms with Gasteiger partial charge in [-0.1, -0.05) is 19.8 Å². The largest absolute Gasteiger partial charge is 0.356 e. The zero-order chi connectivity index (χ0) is 16.3. The predicted octanol–water partition coefficient (Wildman–Crippen LogP) is 1.76. The Balaban J connectivity index is 1.56. The van der Waals surface area contributed by atoms with E-state index >= 15 is 0 Å². The highest BCUT2D eigenvalue weighted by molar-refractivity contribution is 5.79. The monoisotopic (exact) mass is 323 g/mol. The SMILES string of the molecule is CN=C(NCCN1CCCCC1)NCC(C)CN1CCCCC1. The molecule has 2 aliphatic heterocycles. The summed E-state index contributed by atoms with van der Waals surface area (Å²) in [6.45, 7) is 11.8. The van der Waals surface area contributed by atoms with Gasteiger partial charge in [-0.25, -0.2) is 0 Å². The highest BCUT2D eigenvalue weighted by Crippen LogP contribution is 2.10. The summed E-state index contributed by atoms with van der Waals surface area (Å²) in [5.41, 5.74) is 0. The van der Waals surface area contributed by atoms with Crippen LogP contribution >= 0.6 is 0 Å². The first-order chi connectivity index (χ1) is 11.3. The van der Waals surface area contributed by atoms with E-state index in [9.17, 15) is 0 Å². The number of piperidine rings is 2. The summed E-state index contributed by atoms with van der Waals surface area (Å²) in [7, 11) is 1.87. The fraction of sp³-hybridized carbons (Fsp3) is 0.944. The van der Waals surface area contributed by atoms with Crippen molar-refractivity contribution < 1.29 is 0 Å². The van der Waals surface area contributed by atoms with Crippen LogP contribution in [0.2, 0.25) is 0 Å². The van der Waals surface area contributed by atoms with Crippen molar-refractivity contribution in [2.24, 2.45) is 10.9 Å². The Morgan fingerprint density at radius 1 is 0.913 bits per heavy atom. The molecular formula is C18H37N5. The molecule has 2 rings (SSSR count). The van der Waals surface area contributed by atoms with Crippen LogP contribution in [-0.4, -0.2) is 75.2 Å². The molecule has 5 heteroatoms. The van der Waals surface area contributed by atoms with Gasteiger partial charge < -0.3 is 20.4 Å². The molecule has 0 spiro atoms. The van der Waals surface area contributed by atoms with Gasteiger partial charge in [0.25, 0.3) is 0 Å². The summed E-state index contributed by atoms with van der Waals surface area (Å²) < 4.78 is 0. The second kappa shape index (κ2) is 10.9.